The maximum Gasteiger partial charge on any atom is 0.236 e. The van der Waals surface area contributed by atoms with Gasteiger partial charge in [0.2, 0.25) is 5.91 Å². The Morgan fingerprint density at radius 3 is 2.74 bits per heavy atom. The van der Waals surface area contributed by atoms with E-state index in [9.17, 15) is 4.79 Å². The van der Waals surface area contributed by atoms with E-state index >= 15 is 0 Å². The Morgan fingerprint density at radius 1 is 1.17 bits per heavy atom. The maximum absolute atomic E-state index is 12.2. The fourth-order valence-corrected chi connectivity index (χ4v) is 3.18. The largest absolute Gasteiger partial charge is 0.315 e. The molecule has 0 radical (unpaired) electrons. The van der Waals surface area contributed by atoms with Crippen molar-refractivity contribution in [2.75, 3.05) is 17.7 Å². The molecule has 1 amide bonds. The van der Waals surface area contributed by atoms with Crippen LogP contribution in [-0.2, 0) is 10.5 Å². The second kappa shape index (κ2) is 6.87. The third-order valence-corrected chi connectivity index (χ3v) is 4.59. The van der Waals surface area contributed by atoms with E-state index in [-0.39, 0.29) is 5.91 Å². The first-order valence-corrected chi connectivity index (χ1v) is 8.62. The number of aromatic nitrogens is 2. The smallest absolute Gasteiger partial charge is 0.236 e. The average Bonchev–Trinajstić information content (AvgIpc) is 2.96. The van der Waals surface area contributed by atoms with Gasteiger partial charge in [-0.3, -0.25) is 4.79 Å². The molecule has 23 heavy (non-hydrogen) atoms. The molecule has 0 saturated carbocycles. The van der Waals surface area contributed by atoms with E-state index in [1.807, 2.05) is 54.0 Å². The molecule has 1 aromatic carbocycles. The second-order valence-corrected chi connectivity index (χ2v) is 6.47. The molecule has 118 valence electrons. The van der Waals surface area contributed by atoms with E-state index in [1.165, 1.54) is 5.56 Å². The minimum Gasteiger partial charge on any atom is -0.315 e. The summed E-state index contributed by atoms with van der Waals surface area (Å²) in [6.07, 6.45) is 4.09. The van der Waals surface area contributed by atoms with Gasteiger partial charge < -0.3 is 9.30 Å². The number of benzene rings is 1. The summed E-state index contributed by atoms with van der Waals surface area (Å²) in [5, 5.41) is 0. The number of hydrogen-bond acceptors (Lipinski definition) is 3. The van der Waals surface area contributed by atoms with E-state index in [0.717, 1.165) is 22.8 Å². The number of hydrogen-bond donors (Lipinski definition) is 0. The lowest BCUT2D eigenvalue weighted by molar-refractivity contribution is -0.115. The molecule has 5 heteroatoms. The Hall–Kier alpha value is -2.27. The molecule has 3 rings (SSSR count). The van der Waals surface area contributed by atoms with Crippen LogP contribution in [0.25, 0.3) is 5.65 Å². The van der Waals surface area contributed by atoms with Crippen molar-refractivity contribution in [1.29, 1.82) is 0 Å². The van der Waals surface area contributed by atoms with Crippen LogP contribution in [0.2, 0.25) is 0 Å². The predicted molar refractivity (Wildman–Crippen MR) is 95.9 cm³/mol. The van der Waals surface area contributed by atoms with Crippen LogP contribution in [0.3, 0.4) is 0 Å². The Balaban J connectivity index is 1.57. The monoisotopic (exact) mass is 325 g/mol. The van der Waals surface area contributed by atoms with E-state index in [2.05, 4.69) is 24.2 Å². The van der Waals surface area contributed by atoms with Crippen molar-refractivity contribution in [2.45, 2.75) is 12.7 Å². The fraction of sp³-hybridized carbons (Fsp3) is 0.222. The first-order chi connectivity index (χ1) is 11.1. The lowest BCUT2D eigenvalue weighted by Gasteiger charge is -2.16. The summed E-state index contributed by atoms with van der Waals surface area (Å²) < 4.78 is 2.03. The van der Waals surface area contributed by atoms with Gasteiger partial charge in [0.05, 0.1) is 11.4 Å². The van der Waals surface area contributed by atoms with Gasteiger partial charge in [0.1, 0.15) is 5.65 Å². The van der Waals surface area contributed by atoms with Crippen LogP contribution in [0.4, 0.5) is 5.69 Å². The second-order valence-electron chi connectivity index (χ2n) is 5.49. The van der Waals surface area contributed by atoms with Gasteiger partial charge in [-0.05, 0) is 30.7 Å². The third-order valence-electron chi connectivity index (χ3n) is 3.64. The van der Waals surface area contributed by atoms with Crippen LogP contribution in [0.1, 0.15) is 11.3 Å². The van der Waals surface area contributed by atoms with Crippen LogP contribution in [0, 0.1) is 6.92 Å². The lowest BCUT2D eigenvalue weighted by atomic mass is 10.3. The summed E-state index contributed by atoms with van der Waals surface area (Å²) in [5.74, 6) is 1.27. The van der Waals surface area contributed by atoms with Crippen molar-refractivity contribution in [3.05, 3.63) is 66.1 Å². The number of carbonyl (C=O) groups is 1. The highest BCUT2D eigenvalue weighted by Crippen LogP contribution is 2.16. The topological polar surface area (TPSA) is 37.6 Å². The lowest BCUT2D eigenvalue weighted by Crippen LogP contribution is -2.27. The molecule has 4 nitrogen and oxygen atoms in total. The number of amides is 1. The number of para-hydroxylation sites is 1. The molecular weight excluding hydrogens is 306 g/mol. The van der Waals surface area contributed by atoms with E-state index < -0.39 is 0 Å². The third kappa shape index (κ3) is 3.74. The summed E-state index contributed by atoms with van der Waals surface area (Å²) in [7, 11) is 1.81. The number of carbonyl (C=O) groups excluding carboxylic acids is 1. The van der Waals surface area contributed by atoms with Crippen molar-refractivity contribution in [1.82, 2.24) is 9.38 Å². The number of anilines is 1. The zero-order valence-electron chi connectivity index (χ0n) is 13.3. The molecule has 2 heterocycles. The van der Waals surface area contributed by atoms with Crippen LogP contribution in [0.5, 0.6) is 0 Å². The molecule has 0 aliphatic carbocycles. The number of aryl methyl sites for hydroxylation is 1. The van der Waals surface area contributed by atoms with Crippen molar-refractivity contribution in [3.8, 4) is 0 Å². The van der Waals surface area contributed by atoms with Gasteiger partial charge in [-0.25, -0.2) is 4.98 Å². The van der Waals surface area contributed by atoms with Crippen LogP contribution < -0.4 is 4.90 Å². The zero-order chi connectivity index (χ0) is 16.2. The van der Waals surface area contributed by atoms with Gasteiger partial charge in [-0.1, -0.05) is 24.3 Å². The summed E-state index contributed by atoms with van der Waals surface area (Å²) in [5.41, 5.74) is 4.06. The molecule has 0 fully saturated rings. The highest BCUT2D eigenvalue weighted by Gasteiger charge is 2.11. The summed E-state index contributed by atoms with van der Waals surface area (Å²) in [6, 6.07) is 13.8. The van der Waals surface area contributed by atoms with Crippen LogP contribution in [0.15, 0.2) is 54.9 Å². The molecule has 0 bridgehead atoms. The van der Waals surface area contributed by atoms with Crippen molar-refractivity contribution in [3.63, 3.8) is 0 Å². The summed E-state index contributed by atoms with van der Waals surface area (Å²) in [4.78, 5) is 18.5. The molecule has 2 aromatic heterocycles. The zero-order valence-corrected chi connectivity index (χ0v) is 14.1. The van der Waals surface area contributed by atoms with Crippen molar-refractivity contribution in [2.24, 2.45) is 0 Å². The minimum atomic E-state index is 0.0980. The van der Waals surface area contributed by atoms with Crippen LogP contribution >= 0.6 is 11.8 Å². The van der Waals surface area contributed by atoms with Gasteiger partial charge >= 0.3 is 0 Å². The molecule has 0 aliphatic rings. The minimum absolute atomic E-state index is 0.0980. The Labute approximate surface area is 140 Å². The average molecular weight is 325 g/mol. The normalized spacial score (nSPS) is 10.9. The Morgan fingerprint density at radius 2 is 1.96 bits per heavy atom. The SMILES string of the molecule is Cc1ccc2nc(CSCC(=O)N(C)c3ccccc3)cn2c1. The molecular formula is C18H19N3OS. The van der Waals surface area contributed by atoms with Gasteiger partial charge in [-0.2, -0.15) is 0 Å². The van der Waals surface area contributed by atoms with E-state index in [4.69, 9.17) is 0 Å². The molecule has 0 atom stereocenters. The van der Waals surface area contributed by atoms with E-state index in [0.29, 0.717) is 5.75 Å². The van der Waals surface area contributed by atoms with Gasteiger partial charge in [-0.15, -0.1) is 11.8 Å². The number of fused-ring (bicyclic) bond motifs is 1. The fourth-order valence-electron chi connectivity index (χ4n) is 2.36. The Bertz CT molecular complexity index is 814. The summed E-state index contributed by atoms with van der Waals surface area (Å²) in [6.45, 7) is 2.06. The highest BCUT2D eigenvalue weighted by molar-refractivity contribution is 7.99. The maximum atomic E-state index is 12.2. The molecule has 0 N–H and O–H groups in total. The highest BCUT2D eigenvalue weighted by atomic mass is 32.2. The number of nitrogens with zero attached hydrogens (tertiary/aromatic N) is 3. The Kier molecular flexibility index (Phi) is 4.67. The van der Waals surface area contributed by atoms with Crippen molar-refractivity contribution >= 4 is 29.0 Å². The first kappa shape index (κ1) is 15.6. The molecule has 3 aromatic rings. The van der Waals surface area contributed by atoms with Gasteiger partial charge in [0.25, 0.3) is 0 Å². The molecule has 0 aliphatic heterocycles. The number of imidazole rings is 1. The number of pyridine rings is 1. The van der Waals surface area contributed by atoms with Gasteiger partial charge in [0, 0.05) is 30.9 Å². The molecule has 0 saturated heterocycles. The number of rotatable bonds is 5. The standard InChI is InChI=1S/C18H19N3OS/c1-14-8-9-17-19-15(11-21(17)10-14)12-23-13-18(22)20(2)16-6-4-3-5-7-16/h3-11H,12-13H2,1-2H3. The number of thioether (sulfide) groups is 1. The van der Waals surface area contributed by atoms with Gasteiger partial charge in [0.15, 0.2) is 0 Å². The summed E-state index contributed by atoms with van der Waals surface area (Å²) >= 11 is 1.59. The quantitative estimate of drug-likeness (QED) is 0.720. The van der Waals surface area contributed by atoms with Crippen molar-refractivity contribution < 1.29 is 4.79 Å². The first-order valence-electron chi connectivity index (χ1n) is 7.47. The van der Waals surface area contributed by atoms with Crippen LogP contribution in [-0.4, -0.2) is 28.1 Å². The molecule has 0 unspecified atom stereocenters. The molecule has 0 spiro atoms. The van der Waals surface area contributed by atoms with E-state index in [1.54, 1.807) is 16.7 Å². The predicted octanol–water partition coefficient (Wildman–Crippen LogP) is 3.54.